The first-order valence-corrected chi connectivity index (χ1v) is 6.19. The first kappa shape index (κ1) is 10.6. The van der Waals surface area contributed by atoms with Crippen LogP contribution in [0.2, 0.25) is 0 Å². The zero-order valence-corrected chi connectivity index (χ0v) is 10.4. The Kier molecular flexibility index (Phi) is 5.29. The summed E-state index contributed by atoms with van der Waals surface area (Å²) in [6.45, 7) is 2.27. The van der Waals surface area contributed by atoms with Gasteiger partial charge in [0.25, 0.3) is 0 Å². The van der Waals surface area contributed by atoms with Gasteiger partial charge in [0.1, 0.15) is 0 Å². The van der Waals surface area contributed by atoms with Crippen molar-refractivity contribution in [2.75, 3.05) is 0 Å². The Morgan fingerprint density at radius 1 is 1.33 bits per heavy atom. The van der Waals surface area contributed by atoms with Crippen molar-refractivity contribution in [3.05, 3.63) is 20.5 Å². The Bertz CT molecular complexity index is 189. The van der Waals surface area contributed by atoms with Gasteiger partial charge in [0.2, 0.25) is 0 Å². The van der Waals surface area contributed by atoms with Crippen LogP contribution in [0.15, 0.2) is 20.5 Å². The fourth-order valence-electron chi connectivity index (χ4n) is 1.69. The molecule has 0 heterocycles. The molecule has 12 heavy (non-hydrogen) atoms. The van der Waals surface area contributed by atoms with Crippen molar-refractivity contribution < 1.29 is 0 Å². The van der Waals surface area contributed by atoms with Gasteiger partial charge in [-0.15, -0.1) is 0 Å². The van der Waals surface area contributed by atoms with E-state index in [2.05, 4.69) is 19.1 Å². The third-order valence-corrected chi connectivity index (χ3v) is 3.64. The average Bonchev–Trinajstić information content (AvgIpc) is 2.46. The van der Waals surface area contributed by atoms with Gasteiger partial charge in [-0.2, -0.15) is 0 Å². The van der Waals surface area contributed by atoms with Gasteiger partial charge in [0, 0.05) is 0 Å². The number of allylic oxidation sites excluding steroid dienone is 4. The van der Waals surface area contributed by atoms with Crippen LogP contribution < -0.4 is 0 Å². The van der Waals surface area contributed by atoms with E-state index >= 15 is 0 Å². The first-order chi connectivity index (χ1) is 5.84. The average molecular weight is 172 g/mol. The van der Waals surface area contributed by atoms with Crippen LogP contribution in [0.5, 0.6) is 0 Å². The van der Waals surface area contributed by atoms with Gasteiger partial charge in [-0.3, -0.25) is 0 Å². The van der Waals surface area contributed by atoms with Crippen LogP contribution in [0.1, 0.15) is 45.4 Å². The first-order valence-electron chi connectivity index (χ1n) is 5.19. The SMILES string of the molecule is CCCCCCC1=[C]([Na])CC=C1. The summed E-state index contributed by atoms with van der Waals surface area (Å²) < 4.78 is 1.73. The van der Waals surface area contributed by atoms with Crippen LogP contribution in [-0.2, 0) is 0 Å². The minimum atomic E-state index is 1.26. The van der Waals surface area contributed by atoms with Crippen molar-refractivity contribution in [1.29, 1.82) is 0 Å². The molecule has 0 atom stereocenters. The molecule has 0 nitrogen and oxygen atoms in total. The molecule has 0 spiro atoms. The topological polar surface area (TPSA) is 0 Å². The van der Waals surface area contributed by atoms with Crippen LogP contribution >= 0.6 is 0 Å². The molecule has 0 bridgehead atoms. The van der Waals surface area contributed by atoms with Crippen LogP contribution in [0.4, 0.5) is 0 Å². The maximum absolute atomic E-state index is 2.34. The van der Waals surface area contributed by atoms with E-state index in [1.165, 1.54) is 66.5 Å². The number of unbranched alkanes of at least 4 members (excludes halogenated alkanes) is 3. The Labute approximate surface area is 93.5 Å². The number of rotatable bonds is 5. The van der Waals surface area contributed by atoms with E-state index < -0.39 is 0 Å². The summed E-state index contributed by atoms with van der Waals surface area (Å²) in [5.74, 6) is 0. The Morgan fingerprint density at radius 3 is 2.75 bits per heavy atom. The molecule has 0 aromatic rings. The minimum absolute atomic E-state index is 1.26. The monoisotopic (exact) mass is 172 g/mol. The molecule has 1 heteroatoms. The predicted octanol–water partition coefficient (Wildman–Crippen LogP) is 3.34. The standard InChI is InChI=1S/C11H17.Na/c1-2-3-4-5-8-11-9-6-7-10-11;/h6,9H,2-5,7-8H2,1H3;. The second-order valence-corrected chi connectivity index (χ2v) is 4.93. The third-order valence-electron chi connectivity index (χ3n) is 2.59. The zero-order valence-electron chi connectivity index (χ0n) is 8.40. The van der Waals surface area contributed by atoms with Gasteiger partial charge in [0.05, 0.1) is 0 Å². The van der Waals surface area contributed by atoms with Gasteiger partial charge in [0.15, 0.2) is 0 Å². The molecule has 1 aliphatic rings. The summed E-state index contributed by atoms with van der Waals surface area (Å²) in [4.78, 5) is 0. The molecule has 0 N–H and O–H groups in total. The van der Waals surface area contributed by atoms with E-state index in [0.29, 0.717) is 0 Å². The second kappa shape index (κ2) is 6.01. The van der Waals surface area contributed by atoms with E-state index in [4.69, 9.17) is 0 Å². The molecular formula is C11H17Na. The van der Waals surface area contributed by atoms with Gasteiger partial charge >= 0.3 is 93.9 Å². The van der Waals surface area contributed by atoms with E-state index in [0.717, 1.165) is 0 Å². The maximum atomic E-state index is 2.34. The van der Waals surface area contributed by atoms with Crippen molar-refractivity contribution >= 4 is 27.9 Å². The molecule has 0 aliphatic heterocycles. The van der Waals surface area contributed by atoms with Crippen molar-refractivity contribution in [3.8, 4) is 0 Å². The Hall–Kier alpha value is 0.480. The molecule has 0 aromatic carbocycles. The normalized spacial score (nSPS) is 16.2. The molecular weight excluding hydrogens is 155 g/mol. The number of hydrogen-bond donors (Lipinski definition) is 0. The summed E-state index contributed by atoms with van der Waals surface area (Å²) in [6.07, 6.45) is 12.8. The molecule has 0 saturated carbocycles. The van der Waals surface area contributed by atoms with Crippen LogP contribution in [-0.4, -0.2) is 27.9 Å². The van der Waals surface area contributed by atoms with Gasteiger partial charge in [-0.25, -0.2) is 0 Å². The summed E-state index contributed by atoms with van der Waals surface area (Å²) in [5, 5.41) is 0. The molecule has 0 radical (unpaired) electrons. The van der Waals surface area contributed by atoms with E-state index in [1.807, 2.05) is 0 Å². The van der Waals surface area contributed by atoms with Crippen molar-refractivity contribution in [2.24, 2.45) is 0 Å². The third kappa shape index (κ3) is 3.47. The van der Waals surface area contributed by atoms with Crippen LogP contribution in [0.3, 0.4) is 0 Å². The summed E-state index contributed by atoms with van der Waals surface area (Å²) >= 11 is 1.27. The van der Waals surface area contributed by atoms with Crippen LogP contribution in [0, 0.1) is 0 Å². The van der Waals surface area contributed by atoms with E-state index in [9.17, 15) is 0 Å². The molecule has 62 valence electrons. The molecule has 0 unspecified atom stereocenters. The predicted molar refractivity (Wildman–Crippen MR) is 55.3 cm³/mol. The number of hydrogen-bond acceptors (Lipinski definition) is 0. The van der Waals surface area contributed by atoms with E-state index in [-0.39, 0.29) is 0 Å². The van der Waals surface area contributed by atoms with Gasteiger partial charge in [-0.1, -0.05) is 0 Å². The quantitative estimate of drug-likeness (QED) is 0.440. The van der Waals surface area contributed by atoms with Gasteiger partial charge < -0.3 is 0 Å². The zero-order chi connectivity index (χ0) is 8.81. The Balaban J connectivity index is 2.14. The Morgan fingerprint density at radius 2 is 2.17 bits per heavy atom. The van der Waals surface area contributed by atoms with E-state index in [1.54, 1.807) is 8.40 Å². The molecule has 0 saturated heterocycles. The van der Waals surface area contributed by atoms with Crippen molar-refractivity contribution in [1.82, 2.24) is 0 Å². The summed E-state index contributed by atoms with van der Waals surface area (Å²) in [5.41, 5.74) is 1.66. The van der Waals surface area contributed by atoms with Gasteiger partial charge in [-0.05, 0) is 0 Å². The molecule has 1 rings (SSSR count). The van der Waals surface area contributed by atoms with Crippen LogP contribution in [0.25, 0.3) is 0 Å². The fraction of sp³-hybridized carbons (Fsp3) is 0.636. The molecule has 0 amide bonds. The summed E-state index contributed by atoms with van der Waals surface area (Å²) in [7, 11) is 0. The summed E-state index contributed by atoms with van der Waals surface area (Å²) in [6, 6.07) is 0. The molecule has 0 aromatic heterocycles. The fourth-order valence-corrected chi connectivity index (χ4v) is 2.34. The second-order valence-electron chi connectivity index (χ2n) is 3.72. The van der Waals surface area contributed by atoms with Crippen molar-refractivity contribution in [2.45, 2.75) is 45.4 Å². The molecule has 1 aliphatic carbocycles. The van der Waals surface area contributed by atoms with Crippen molar-refractivity contribution in [3.63, 3.8) is 0 Å². The molecule has 0 fully saturated rings.